The van der Waals surface area contributed by atoms with Crippen molar-refractivity contribution in [3.05, 3.63) is 70.9 Å². The summed E-state index contributed by atoms with van der Waals surface area (Å²) in [6.45, 7) is 1.92. The first kappa shape index (κ1) is 21.3. The first-order valence-corrected chi connectivity index (χ1v) is 9.90. The summed E-state index contributed by atoms with van der Waals surface area (Å²) in [5, 5.41) is 3.08. The number of morpholine rings is 1. The van der Waals surface area contributed by atoms with Crippen LogP contribution in [0.1, 0.15) is 16.1 Å². The van der Waals surface area contributed by atoms with Crippen LogP contribution in [0.5, 0.6) is 0 Å². The van der Waals surface area contributed by atoms with Crippen molar-refractivity contribution in [1.82, 2.24) is 0 Å². The van der Waals surface area contributed by atoms with Gasteiger partial charge in [0.15, 0.2) is 5.76 Å². The van der Waals surface area contributed by atoms with Gasteiger partial charge in [-0.1, -0.05) is 23.7 Å². The van der Waals surface area contributed by atoms with Crippen molar-refractivity contribution >= 4 is 28.9 Å². The molecule has 162 valence electrons. The molecular weight excluding hydrogens is 433 g/mol. The van der Waals surface area contributed by atoms with Crippen molar-refractivity contribution in [2.75, 3.05) is 36.5 Å². The zero-order chi connectivity index (χ0) is 22.0. The minimum Gasteiger partial charge on any atom is -0.451 e. The number of anilines is 2. The number of carbonyl (C=O) groups is 1. The number of hydrogen-bond acceptors (Lipinski definition) is 4. The summed E-state index contributed by atoms with van der Waals surface area (Å²) in [5.41, 5.74) is 0.382. The molecule has 9 heteroatoms. The molecule has 0 atom stereocenters. The van der Waals surface area contributed by atoms with Gasteiger partial charge in [0, 0.05) is 23.7 Å². The first-order chi connectivity index (χ1) is 14.8. The Balaban J connectivity index is 1.62. The summed E-state index contributed by atoms with van der Waals surface area (Å²) < 4.78 is 50.7. The highest BCUT2D eigenvalue weighted by atomic mass is 35.5. The molecule has 1 amide bonds. The average molecular weight is 451 g/mol. The fraction of sp³-hybridized carbons (Fsp3) is 0.227. The van der Waals surface area contributed by atoms with Crippen LogP contribution in [0.2, 0.25) is 5.02 Å². The lowest BCUT2D eigenvalue weighted by molar-refractivity contribution is -0.137. The number of nitrogens with zero attached hydrogens (tertiary/aromatic N) is 1. The second kappa shape index (κ2) is 8.64. The number of rotatable bonds is 4. The Morgan fingerprint density at radius 3 is 2.52 bits per heavy atom. The molecule has 1 aromatic heterocycles. The molecule has 2 aromatic carbocycles. The van der Waals surface area contributed by atoms with Crippen molar-refractivity contribution in [3.63, 3.8) is 0 Å². The normalized spacial score (nSPS) is 14.5. The summed E-state index contributed by atoms with van der Waals surface area (Å²) in [4.78, 5) is 14.6. The van der Waals surface area contributed by atoms with Crippen molar-refractivity contribution in [1.29, 1.82) is 0 Å². The van der Waals surface area contributed by atoms with E-state index in [2.05, 4.69) is 5.32 Å². The van der Waals surface area contributed by atoms with Gasteiger partial charge in [-0.15, -0.1) is 0 Å². The summed E-state index contributed by atoms with van der Waals surface area (Å²) in [5.74, 6) is -0.257. The summed E-state index contributed by atoms with van der Waals surface area (Å²) >= 11 is 5.99. The highest BCUT2D eigenvalue weighted by Crippen LogP contribution is 2.36. The zero-order valence-corrected chi connectivity index (χ0v) is 17.0. The van der Waals surface area contributed by atoms with Crippen LogP contribution in [0.25, 0.3) is 11.3 Å². The number of carbonyl (C=O) groups excluding carboxylic acids is 1. The van der Waals surface area contributed by atoms with E-state index in [0.717, 1.165) is 12.1 Å². The molecule has 4 rings (SSSR count). The third-order valence-electron chi connectivity index (χ3n) is 4.86. The summed E-state index contributed by atoms with van der Waals surface area (Å²) in [6, 6.07) is 13.3. The van der Waals surface area contributed by atoms with Crippen LogP contribution in [0.4, 0.5) is 24.5 Å². The highest BCUT2D eigenvalue weighted by Gasteiger charge is 2.32. The van der Waals surface area contributed by atoms with Crippen molar-refractivity contribution < 1.29 is 27.1 Å². The third kappa shape index (κ3) is 4.86. The average Bonchev–Trinajstić information content (AvgIpc) is 3.24. The van der Waals surface area contributed by atoms with Crippen molar-refractivity contribution in [2.45, 2.75) is 6.18 Å². The second-order valence-corrected chi connectivity index (χ2v) is 7.39. The van der Waals surface area contributed by atoms with Crippen LogP contribution in [-0.4, -0.2) is 32.2 Å². The number of furan rings is 1. The Hall–Kier alpha value is -2.97. The van der Waals surface area contributed by atoms with E-state index in [4.69, 9.17) is 20.8 Å². The third-order valence-corrected chi connectivity index (χ3v) is 5.10. The lowest BCUT2D eigenvalue weighted by Gasteiger charge is -2.30. The van der Waals surface area contributed by atoms with E-state index < -0.39 is 17.6 Å². The fourth-order valence-corrected chi connectivity index (χ4v) is 3.52. The monoisotopic (exact) mass is 450 g/mol. The lowest BCUT2D eigenvalue weighted by atomic mass is 10.1. The quantitative estimate of drug-likeness (QED) is 0.553. The minimum atomic E-state index is -4.53. The van der Waals surface area contributed by atoms with Gasteiger partial charge in [0.2, 0.25) is 0 Å². The molecule has 2 heterocycles. The van der Waals surface area contributed by atoms with E-state index in [-0.39, 0.29) is 11.4 Å². The number of hydrogen-bond donors (Lipinski definition) is 1. The fourth-order valence-electron chi connectivity index (χ4n) is 3.33. The maximum absolute atomic E-state index is 13.3. The van der Waals surface area contributed by atoms with Gasteiger partial charge in [-0.3, -0.25) is 4.79 Å². The standard InChI is InChI=1S/C22H18ClF3N2O3/c23-16-3-1-2-14(12-16)19-6-7-20(31-19)21(29)27-17-13-15(22(24,25)26)4-5-18(17)28-8-10-30-11-9-28/h1-7,12-13H,8-11H2,(H,27,29). The van der Waals surface area contributed by atoms with E-state index in [1.807, 2.05) is 4.90 Å². The maximum atomic E-state index is 13.3. The van der Waals surface area contributed by atoms with E-state index in [9.17, 15) is 18.0 Å². The van der Waals surface area contributed by atoms with Gasteiger partial charge in [0.1, 0.15) is 5.76 Å². The first-order valence-electron chi connectivity index (χ1n) is 9.52. The SMILES string of the molecule is O=C(Nc1cc(C(F)(F)F)ccc1N1CCOCC1)c1ccc(-c2cccc(Cl)c2)o1. The largest absolute Gasteiger partial charge is 0.451 e. The summed E-state index contributed by atoms with van der Waals surface area (Å²) in [7, 11) is 0. The molecule has 5 nitrogen and oxygen atoms in total. The maximum Gasteiger partial charge on any atom is 0.416 e. The summed E-state index contributed by atoms with van der Waals surface area (Å²) in [6.07, 6.45) is -4.53. The molecule has 0 spiro atoms. The van der Waals surface area contributed by atoms with Crippen molar-refractivity contribution in [3.8, 4) is 11.3 Å². The highest BCUT2D eigenvalue weighted by molar-refractivity contribution is 6.30. The Morgan fingerprint density at radius 2 is 1.81 bits per heavy atom. The van der Waals surface area contributed by atoms with E-state index in [1.54, 1.807) is 30.3 Å². The predicted molar refractivity (Wildman–Crippen MR) is 112 cm³/mol. The Labute approximate surface area is 181 Å². The van der Waals surface area contributed by atoms with Gasteiger partial charge in [-0.05, 0) is 42.5 Å². The molecule has 1 saturated heterocycles. The Kier molecular flexibility index (Phi) is 5.93. The smallest absolute Gasteiger partial charge is 0.416 e. The molecular formula is C22H18ClF3N2O3. The van der Waals surface area contributed by atoms with Gasteiger partial charge in [0.05, 0.1) is 30.2 Å². The minimum absolute atomic E-state index is 0.0275. The van der Waals surface area contributed by atoms with Gasteiger partial charge < -0.3 is 19.4 Å². The van der Waals surface area contributed by atoms with Gasteiger partial charge >= 0.3 is 6.18 Å². The molecule has 0 aliphatic carbocycles. The Morgan fingerprint density at radius 1 is 1.03 bits per heavy atom. The zero-order valence-electron chi connectivity index (χ0n) is 16.2. The number of halogens is 4. The molecule has 31 heavy (non-hydrogen) atoms. The molecule has 1 aliphatic heterocycles. The molecule has 1 fully saturated rings. The molecule has 0 radical (unpaired) electrons. The predicted octanol–water partition coefficient (Wildman–Crippen LogP) is 5.71. The number of alkyl halides is 3. The van der Waals surface area contributed by atoms with Crippen LogP contribution in [0.3, 0.4) is 0 Å². The number of ether oxygens (including phenoxy) is 1. The molecule has 0 unspecified atom stereocenters. The number of amides is 1. The van der Waals surface area contributed by atoms with E-state index in [0.29, 0.717) is 48.3 Å². The Bertz CT molecular complexity index is 1090. The number of benzene rings is 2. The molecule has 0 bridgehead atoms. The van der Waals surface area contributed by atoms with Crippen LogP contribution >= 0.6 is 11.6 Å². The van der Waals surface area contributed by atoms with Crippen LogP contribution in [-0.2, 0) is 10.9 Å². The van der Waals surface area contributed by atoms with Gasteiger partial charge in [-0.2, -0.15) is 13.2 Å². The van der Waals surface area contributed by atoms with Crippen LogP contribution in [0.15, 0.2) is 59.0 Å². The second-order valence-electron chi connectivity index (χ2n) is 6.96. The van der Waals surface area contributed by atoms with Crippen molar-refractivity contribution in [2.24, 2.45) is 0 Å². The van der Waals surface area contributed by atoms with E-state index in [1.165, 1.54) is 12.1 Å². The molecule has 1 N–H and O–H groups in total. The van der Waals surface area contributed by atoms with Gasteiger partial charge in [-0.25, -0.2) is 0 Å². The molecule has 0 saturated carbocycles. The van der Waals surface area contributed by atoms with Crippen LogP contribution < -0.4 is 10.2 Å². The molecule has 1 aliphatic rings. The van der Waals surface area contributed by atoms with Crippen LogP contribution in [0, 0.1) is 0 Å². The van der Waals surface area contributed by atoms with Gasteiger partial charge in [0.25, 0.3) is 5.91 Å². The lowest BCUT2D eigenvalue weighted by Crippen LogP contribution is -2.36. The topological polar surface area (TPSA) is 54.7 Å². The number of nitrogens with one attached hydrogen (secondary N) is 1. The molecule has 3 aromatic rings. The van der Waals surface area contributed by atoms with E-state index >= 15 is 0 Å².